The summed E-state index contributed by atoms with van der Waals surface area (Å²) < 4.78 is 0.795. The molecule has 0 fully saturated rings. The van der Waals surface area contributed by atoms with Gasteiger partial charge in [0.15, 0.2) is 0 Å². The molecule has 0 aliphatic rings. The highest BCUT2D eigenvalue weighted by molar-refractivity contribution is 7.16. The lowest BCUT2D eigenvalue weighted by Gasteiger charge is -2.03. The Morgan fingerprint density at radius 2 is 2.19 bits per heavy atom. The number of unbranched alkanes of at least 4 members (excludes halogenated alkanes) is 1. The Labute approximate surface area is 110 Å². The lowest BCUT2D eigenvalue weighted by Crippen LogP contribution is -2.25. The van der Waals surface area contributed by atoms with Crippen molar-refractivity contribution in [2.75, 3.05) is 12.4 Å². The van der Waals surface area contributed by atoms with Crippen molar-refractivity contribution >= 4 is 40.4 Å². The predicted octanol–water partition coefficient (Wildman–Crippen LogP) is 3.47. The summed E-state index contributed by atoms with van der Waals surface area (Å²) in [4.78, 5) is 12.5. The summed E-state index contributed by atoms with van der Waals surface area (Å²) in [5.41, 5.74) is 0. The van der Waals surface area contributed by atoms with Crippen LogP contribution in [-0.2, 0) is 11.2 Å². The topological polar surface area (TPSA) is 29.1 Å². The number of carbonyl (C=O) groups excluding carboxylic acids is 1. The van der Waals surface area contributed by atoms with Crippen molar-refractivity contribution in [3.63, 3.8) is 0 Å². The van der Waals surface area contributed by atoms with Crippen LogP contribution in [0.15, 0.2) is 12.1 Å². The summed E-state index contributed by atoms with van der Waals surface area (Å²) in [5.74, 6) is 0.730. The molecule has 0 unspecified atom stereocenters. The summed E-state index contributed by atoms with van der Waals surface area (Å²) in [6, 6.07) is 3.87. The van der Waals surface area contributed by atoms with Crippen LogP contribution < -0.4 is 5.32 Å². The molecule has 0 spiro atoms. The van der Waals surface area contributed by atoms with Gasteiger partial charge in [-0.2, -0.15) is 0 Å². The molecule has 0 atom stereocenters. The minimum Gasteiger partial charge on any atom is -0.356 e. The number of halogens is 2. The molecule has 1 aromatic heterocycles. The minimum absolute atomic E-state index is 0.104. The largest absolute Gasteiger partial charge is 0.356 e. The first-order valence-corrected chi connectivity index (χ1v) is 7.02. The van der Waals surface area contributed by atoms with E-state index < -0.39 is 0 Å². The first-order chi connectivity index (χ1) is 7.72. The van der Waals surface area contributed by atoms with Gasteiger partial charge in [-0.25, -0.2) is 0 Å². The lowest BCUT2D eigenvalue weighted by atomic mass is 10.2. The average Bonchev–Trinajstić information content (AvgIpc) is 2.65. The minimum atomic E-state index is 0.104. The van der Waals surface area contributed by atoms with Gasteiger partial charge in [0.25, 0.3) is 0 Å². The average molecular weight is 280 g/mol. The van der Waals surface area contributed by atoms with Gasteiger partial charge in [0.2, 0.25) is 5.91 Å². The van der Waals surface area contributed by atoms with Crippen LogP contribution in [0.5, 0.6) is 0 Å². The van der Waals surface area contributed by atoms with Crippen molar-refractivity contribution in [1.82, 2.24) is 5.32 Å². The van der Waals surface area contributed by atoms with Crippen LogP contribution in [0, 0.1) is 0 Å². The Morgan fingerprint density at radius 1 is 1.38 bits per heavy atom. The molecule has 1 aromatic rings. The molecule has 1 heterocycles. The van der Waals surface area contributed by atoms with Gasteiger partial charge in [-0.1, -0.05) is 11.6 Å². The molecule has 0 aliphatic carbocycles. The van der Waals surface area contributed by atoms with Crippen LogP contribution in [0.25, 0.3) is 0 Å². The molecule has 5 heteroatoms. The maximum absolute atomic E-state index is 11.3. The van der Waals surface area contributed by atoms with Crippen molar-refractivity contribution in [2.24, 2.45) is 0 Å². The molecule has 0 saturated carbocycles. The van der Waals surface area contributed by atoms with E-state index in [0.717, 1.165) is 23.6 Å². The zero-order valence-corrected chi connectivity index (χ0v) is 11.3. The number of hydrogen-bond donors (Lipinski definition) is 1. The van der Waals surface area contributed by atoms with E-state index in [4.69, 9.17) is 23.2 Å². The van der Waals surface area contributed by atoms with Crippen LogP contribution in [-0.4, -0.2) is 18.3 Å². The smallest absolute Gasteiger partial charge is 0.220 e. The fourth-order valence-corrected chi connectivity index (χ4v) is 2.56. The standard InChI is InChI=1S/C11H15Cl2NOS/c12-7-2-1-3-11(15)14-8-6-9-4-5-10(13)16-9/h4-5H,1-3,6-8H2,(H,14,15). The first-order valence-electron chi connectivity index (χ1n) is 5.29. The monoisotopic (exact) mass is 279 g/mol. The highest BCUT2D eigenvalue weighted by atomic mass is 35.5. The molecule has 2 nitrogen and oxygen atoms in total. The van der Waals surface area contributed by atoms with E-state index in [0.29, 0.717) is 18.8 Å². The lowest BCUT2D eigenvalue weighted by molar-refractivity contribution is -0.121. The van der Waals surface area contributed by atoms with Crippen molar-refractivity contribution in [3.05, 3.63) is 21.3 Å². The summed E-state index contributed by atoms with van der Waals surface area (Å²) >= 11 is 12.9. The van der Waals surface area contributed by atoms with Crippen LogP contribution >= 0.6 is 34.5 Å². The van der Waals surface area contributed by atoms with Gasteiger partial charge in [-0.05, 0) is 31.4 Å². The maximum Gasteiger partial charge on any atom is 0.220 e. The number of carbonyl (C=O) groups is 1. The number of rotatable bonds is 7. The Bertz CT molecular complexity index is 328. The zero-order chi connectivity index (χ0) is 11.8. The van der Waals surface area contributed by atoms with Crippen molar-refractivity contribution < 1.29 is 4.79 Å². The second kappa shape index (κ2) is 7.93. The van der Waals surface area contributed by atoms with E-state index in [9.17, 15) is 4.79 Å². The molecular weight excluding hydrogens is 265 g/mol. The number of alkyl halides is 1. The molecule has 0 aromatic carbocycles. The van der Waals surface area contributed by atoms with E-state index in [1.165, 1.54) is 4.88 Å². The molecule has 0 aliphatic heterocycles. The first kappa shape index (κ1) is 13.8. The van der Waals surface area contributed by atoms with Crippen molar-refractivity contribution in [1.29, 1.82) is 0 Å². The number of amides is 1. The zero-order valence-electron chi connectivity index (χ0n) is 8.97. The van der Waals surface area contributed by atoms with Gasteiger partial charge in [-0.3, -0.25) is 4.79 Å². The van der Waals surface area contributed by atoms with Gasteiger partial charge in [0.05, 0.1) is 4.34 Å². The Balaban J connectivity index is 2.08. The van der Waals surface area contributed by atoms with E-state index in [1.54, 1.807) is 11.3 Å². The SMILES string of the molecule is O=C(CCCCCl)NCCc1ccc(Cl)s1. The fourth-order valence-electron chi connectivity index (χ4n) is 1.28. The van der Waals surface area contributed by atoms with E-state index >= 15 is 0 Å². The van der Waals surface area contributed by atoms with Gasteiger partial charge < -0.3 is 5.32 Å². The molecular formula is C11H15Cl2NOS. The molecule has 1 N–H and O–H groups in total. The number of hydrogen-bond acceptors (Lipinski definition) is 2. The third kappa shape index (κ3) is 5.73. The Kier molecular flexibility index (Phi) is 6.85. The molecule has 0 radical (unpaired) electrons. The van der Waals surface area contributed by atoms with Gasteiger partial charge >= 0.3 is 0 Å². The summed E-state index contributed by atoms with van der Waals surface area (Å²) in [6.07, 6.45) is 3.17. The molecule has 90 valence electrons. The normalized spacial score (nSPS) is 10.4. The number of thiophene rings is 1. The van der Waals surface area contributed by atoms with Crippen LogP contribution in [0.3, 0.4) is 0 Å². The number of nitrogens with one attached hydrogen (secondary N) is 1. The van der Waals surface area contributed by atoms with E-state index in [2.05, 4.69) is 5.32 Å². The highest BCUT2D eigenvalue weighted by Crippen LogP contribution is 2.21. The van der Waals surface area contributed by atoms with Crippen molar-refractivity contribution in [2.45, 2.75) is 25.7 Å². The summed E-state index contributed by atoms with van der Waals surface area (Å²) in [6.45, 7) is 0.677. The van der Waals surface area contributed by atoms with E-state index in [-0.39, 0.29) is 5.91 Å². The van der Waals surface area contributed by atoms with Gasteiger partial charge in [-0.15, -0.1) is 22.9 Å². The molecule has 0 saturated heterocycles. The molecule has 16 heavy (non-hydrogen) atoms. The summed E-state index contributed by atoms with van der Waals surface area (Å²) in [7, 11) is 0. The van der Waals surface area contributed by atoms with Crippen LogP contribution in [0.4, 0.5) is 0 Å². The highest BCUT2D eigenvalue weighted by Gasteiger charge is 2.01. The fraction of sp³-hybridized carbons (Fsp3) is 0.545. The summed E-state index contributed by atoms with van der Waals surface area (Å²) in [5, 5.41) is 2.88. The second-order valence-corrected chi connectivity index (χ2v) is 5.63. The van der Waals surface area contributed by atoms with E-state index in [1.807, 2.05) is 12.1 Å². The third-order valence-corrected chi connectivity index (χ3v) is 3.67. The van der Waals surface area contributed by atoms with Gasteiger partial charge in [0.1, 0.15) is 0 Å². The van der Waals surface area contributed by atoms with Crippen LogP contribution in [0.2, 0.25) is 4.34 Å². The van der Waals surface area contributed by atoms with Crippen LogP contribution in [0.1, 0.15) is 24.1 Å². The maximum atomic E-state index is 11.3. The van der Waals surface area contributed by atoms with Gasteiger partial charge in [0, 0.05) is 23.7 Å². The third-order valence-electron chi connectivity index (χ3n) is 2.11. The molecule has 1 rings (SSSR count). The van der Waals surface area contributed by atoms with Crippen molar-refractivity contribution in [3.8, 4) is 0 Å². The Morgan fingerprint density at radius 3 is 2.81 bits per heavy atom. The molecule has 0 bridgehead atoms. The predicted molar refractivity (Wildman–Crippen MR) is 70.6 cm³/mol. The molecule has 1 amide bonds. The quantitative estimate of drug-likeness (QED) is 0.601. The second-order valence-electron chi connectivity index (χ2n) is 3.45. The Hall–Kier alpha value is -0.250.